The van der Waals surface area contributed by atoms with Crippen molar-refractivity contribution in [2.24, 2.45) is 11.8 Å². The summed E-state index contributed by atoms with van der Waals surface area (Å²) in [6.07, 6.45) is 4.26. The summed E-state index contributed by atoms with van der Waals surface area (Å²) in [7, 11) is -4.38. The summed E-state index contributed by atoms with van der Waals surface area (Å²) in [6.45, 7) is -0.0714. The Hall–Kier alpha value is -2.27. The van der Waals surface area contributed by atoms with Gasteiger partial charge in [0.1, 0.15) is 5.25 Å². The Kier molecular flexibility index (Phi) is 5.33. The van der Waals surface area contributed by atoms with Crippen molar-refractivity contribution in [2.45, 2.75) is 37.4 Å². The van der Waals surface area contributed by atoms with Crippen molar-refractivity contribution in [1.82, 2.24) is 9.96 Å². The van der Waals surface area contributed by atoms with Crippen molar-refractivity contribution >= 4 is 33.8 Å². The van der Waals surface area contributed by atoms with Crippen LogP contribution in [-0.2, 0) is 34.1 Å². The second-order valence-electron chi connectivity index (χ2n) is 7.04. The van der Waals surface area contributed by atoms with Gasteiger partial charge in [-0.25, -0.2) is 4.79 Å². The maximum absolute atomic E-state index is 12.3. The Morgan fingerprint density at radius 3 is 2.22 bits per heavy atom. The lowest BCUT2D eigenvalue weighted by molar-refractivity contribution is -0.197. The molecule has 1 N–H and O–H groups in total. The van der Waals surface area contributed by atoms with Gasteiger partial charge in [0.25, 0.3) is 27.8 Å². The second kappa shape index (κ2) is 7.39. The highest BCUT2D eigenvalue weighted by atomic mass is 32.2. The van der Waals surface area contributed by atoms with Crippen molar-refractivity contribution in [2.75, 3.05) is 13.1 Å². The molecule has 0 spiro atoms. The SMILES string of the molecule is O=C(ON1CC(S(=O)(=O)O)CC1=O)C1CCC(CN2C(=O)C=CC2=O)CC1. The minimum Gasteiger partial charge on any atom is -0.338 e. The third kappa shape index (κ3) is 4.35. The molecule has 2 heterocycles. The first-order chi connectivity index (χ1) is 12.6. The fourth-order valence-electron chi connectivity index (χ4n) is 3.57. The van der Waals surface area contributed by atoms with E-state index in [9.17, 15) is 27.6 Å². The van der Waals surface area contributed by atoms with Crippen LogP contribution in [0.4, 0.5) is 0 Å². The van der Waals surface area contributed by atoms with E-state index >= 15 is 0 Å². The van der Waals surface area contributed by atoms with Crippen LogP contribution in [0.2, 0.25) is 0 Å². The number of imide groups is 1. The molecule has 0 aromatic rings. The molecule has 1 saturated heterocycles. The third-order valence-electron chi connectivity index (χ3n) is 5.19. The van der Waals surface area contributed by atoms with Crippen molar-refractivity contribution in [1.29, 1.82) is 0 Å². The van der Waals surface area contributed by atoms with Crippen LogP contribution in [-0.4, -0.2) is 65.0 Å². The lowest BCUT2D eigenvalue weighted by Gasteiger charge is -2.30. The Bertz CT molecular complexity index is 779. The van der Waals surface area contributed by atoms with E-state index in [4.69, 9.17) is 9.39 Å². The van der Waals surface area contributed by atoms with Crippen LogP contribution >= 0.6 is 0 Å². The van der Waals surface area contributed by atoms with E-state index in [0.29, 0.717) is 37.3 Å². The molecular weight excluding hydrogens is 380 g/mol. The minimum atomic E-state index is -4.38. The number of hydrogen-bond donors (Lipinski definition) is 1. The molecule has 1 aliphatic carbocycles. The summed E-state index contributed by atoms with van der Waals surface area (Å²) >= 11 is 0. The maximum Gasteiger partial charge on any atom is 0.335 e. The molecule has 27 heavy (non-hydrogen) atoms. The Morgan fingerprint density at radius 1 is 1.11 bits per heavy atom. The maximum atomic E-state index is 12.3. The van der Waals surface area contributed by atoms with Crippen LogP contribution in [0.5, 0.6) is 0 Å². The molecule has 2 fully saturated rings. The molecule has 1 saturated carbocycles. The standard InChI is InChI=1S/C16H20N2O8S/c19-13-5-6-14(20)17(13)8-10-1-3-11(4-2-10)16(22)26-18-9-12(7-15(18)21)27(23,24)25/h5-6,10-12H,1-4,7-9H2,(H,23,24,25). The topological polar surface area (TPSA) is 138 Å². The third-order valence-corrected chi connectivity index (χ3v) is 6.35. The summed E-state index contributed by atoms with van der Waals surface area (Å²) in [4.78, 5) is 53.4. The summed E-state index contributed by atoms with van der Waals surface area (Å²) in [6, 6.07) is 0. The lowest BCUT2D eigenvalue weighted by Crippen LogP contribution is -2.38. The predicted molar refractivity (Wildman–Crippen MR) is 89.1 cm³/mol. The van der Waals surface area contributed by atoms with E-state index in [2.05, 4.69) is 0 Å². The highest BCUT2D eigenvalue weighted by Gasteiger charge is 2.41. The fraction of sp³-hybridized carbons (Fsp3) is 0.625. The van der Waals surface area contributed by atoms with E-state index in [1.54, 1.807) is 0 Å². The lowest BCUT2D eigenvalue weighted by atomic mass is 9.82. The van der Waals surface area contributed by atoms with Gasteiger partial charge in [0.15, 0.2) is 0 Å². The van der Waals surface area contributed by atoms with E-state index in [-0.39, 0.29) is 24.3 Å². The second-order valence-corrected chi connectivity index (χ2v) is 8.74. The smallest absolute Gasteiger partial charge is 0.335 e. The van der Waals surface area contributed by atoms with Gasteiger partial charge in [-0.15, -0.1) is 0 Å². The number of rotatable bonds is 5. The highest BCUT2D eigenvalue weighted by Crippen LogP contribution is 2.31. The van der Waals surface area contributed by atoms with Gasteiger partial charge in [0, 0.05) is 18.7 Å². The Balaban J connectivity index is 1.47. The number of carbonyl (C=O) groups excluding carboxylic acids is 4. The van der Waals surface area contributed by atoms with Crippen molar-refractivity contribution in [3.63, 3.8) is 0 Å². The largest absolute Gasteiger partial charge is 0.338 e. The van der Waals surface area contributed by atoms with E-state index in [1.165, 1.54) is 17.1 Å². The van der Waals surface area contributed by atoms with Crippen molar-refractivity contribution in [3.05, 3.63) is 12.2 Å². The van der Waals surface area contributed by atoms with Crippen LogP contribution in [0, 0.1) is 11.8 Å². The zero-order valence-electron chi connectivity index (χ0n) is 14.4. The van der Waals surface area contributed by atoms with Crippen LogP contribution in [0.3, 0.4) is 0 Å². The van der Waals surface area contributed by atoms with E-state index in [1.807, 2.05) is 0 Å². The molecule has 3 rings (SSSR count). The molecule has 2 aliphatic heterocycles. The average Bonchev–Trinajstić information content (AvgIpc) is 3.12. The van der Waals surface area contributed by atoms with Crippen LogP contribution in [0.1, 0.15) is 32.1 Å². The van der Waals surface area contributed by atoms with Gasteiger partial charge in [-0.2, -0.15) is 13.5 Å². The van der Waals surface area contributed by atoms with Gasteiger partial charge >= 0.3 is 5.97 Å². The summed E-state index contributed by atoms with van der Waals surface area (Å²) in [5.41, 5.74) is 0. The van der Waals surface area contributed by atoms with Gasteiger partial charge in [0.2, 0.25) is 0 Å². The first kappa shape index (κ1) is 19.5. The predicted octanol–water partition coefficient (Wildman–Crippen LogP) is -0.335. The molecule has 3 amide bonds. The molecule has 0 bridgehead atoms. The first-order valence-corrected chi connectivity index (χ1v) is 10.2. The number of hydroxylamine groups is 2. The normalized spacial score (nSPS) is 28.9. The van der Waals surface area contributed by atoms with Gasteiger partial charge < -0.3 is 4.84 Å². The minimum absolute atomic E-state index is 0.0965. The van der Waals surface area contributed by atoms with Gasteiger partial charge in [-0.3, -0.25) is 23.8 Å². The van der Waals surface area contributed by atoms with Gasteiger partial charge in [-0.1, -0.05) is 0 Å². The molecule has 11 heteroatoms. The zero-order valence-corrected chi connectivity index (χ0v) is 15.3. The molecule has 0 radical (unpaired) electrons. The monoisotopic (exact) mass is 400 g/mol. The van der Waals surface area contributed by atoms with E-state index in [0.717, 1.165) is 0 Å². The Labute approximate surface area is 155 Å². The number of nitrogens with zero attached hydrogens (tertiary/aromatic N) is 2. The van der Waals surface area contributed by atoms with E-state index < -0.39 is 39.6 Å². The molecule has 10 nitrogen and oxygen atoms in total. The number of amides is 3. The Morgan fingerprint density at radius 2 is 1.70 bits per heavy atom. The molecule has 0 aromatic heterocycles. The number of hydrogen-bond acceptors (Lipinski definition) is 7. The van der Waals surface area contributed by atoms with Crippen LogP contribution in [0.15, 0.2) is 12.2 Å². The number of carbonyl (C=O) groups is 4. The summed E-state index contributed by atoms with van der Waals surface area (Å²) < 4.78 is 31.2. The fourth-order valence-corrected chi connectivity index (χ4v) is 4.25. The molecule has 3 aliphatic rings. The summed E-state index contributed by atoms with van der Waals surface area (Å²) in [5.74, 6) is -2.29. The quantitative estimate of drug-likeness (QED) is 0.489. The average molecular weight is 400 g/mol. The summed E-state index contributed by atoms with van der Waals surface area (Å²) in [5, 5.41) is -0.599. The molecule has 1 unspecified atom stereocenters. The van der Waals surface area contributed by atoms with Crippen molar-refractivity contribution in [3.8, 4) is 0 Å². The van der Waals surface area contributed by atoms with Crippen LogP contribution < -0.4 is 0 Å². The molecule has 1 atom stereocenters. The molecule has 0 aromatic carbocycles. The van der Waals surface area contributed by atoms with Gasteiger partial charge in [0.05, 0.1) is 18.9 Å². The molecule has 148 valence electrons. The van der Waals surface area contributed by atoms with Gasteiger partial charge in [-0.05, 0) is 31.6 Å². The zero-order chi connectivity index (χ0) is 19.8. The van der Waals surface area contributed by atoms with Crippen molar-refractivity contribution < 1.29 is 37.0 Å². The highest BCUT2D eigenvalue weighted by molar-refractivity contribution is 7.86. The van der Waals surface area contributed by atoms with Crippen LogP contribution in [0.25, 0.3) is 0 Å². The first-order valence-electron chi connectivity index (χ1n) is 8.67. The molecular formula is C16H20N2O8S.